The van der Waals surface area contributed by atoms with Crippen molar-refractivity contribution in [2.75, 3.05) is 57.8 Å². The topological polar surface area (TPSA) is 69.2 Å². The number of carbonyl (C=O) groups is 1. The molecule has 1 amide bonds. The van der Waals surface area contributed by atoms with Gasteiger partial charge in [-0.3, -0.25) is 14.7 Å². The van der Waals surface area contributed by atoms with Gasteiger partial charge in [-0.05, 0) is 24.0 Å². The molecular weight excluding hydrogens is 354 g/mol. The van der Waals surface area contributed by atoms with Gasteiger partial charge in [0.1, 0.15) is 0 Å². The second-order valence-electron chi connectivity index (χ2n) is 7.88. The molecule has 2 aliphatic heterocycles. The number of anilines is 1. The van der Waals surface area contributed by atoms with Crippen molar-refractivity contribution < 1.29 is 9.53 Å². The van der Waals surface area contributed by atoms with Crippen molar-refractivity contribution in [3.05, 3.63) is 29.8 Å². The molecule has 1 unspecified atom stereocenters. The average Bonchev–Trinajstić information content (AvgIpc) is 3.12. The van der Waals surface area contributed by atoms with E-state index in [2.05, 4.69) is 40.4 Å². The largest absolute Gasteiger partial charge is 0.374 e. The van der Waals surface area contributed by atoms with E-state index in [1.807, 2.05) is 23.1 Å². The van der Waals surface area contributed by atoms with E-state index in [0.717, 1.165) is 44.9 Å². The number of guanidine groups is 1. The number of ether oxygens (including phenoxy) is 1. The van der Waals surface area contributed by atoms with Gasteiger partial charge in [0.05, 0.1) is 19.3 Å². The average molecular weight is 388 g/mol. The van der Waals surface area contributed by atoms with Gasteiger partial charge in [-0.1, -0.05) is 32.0 Å². The Hall–Kier alpha value is -2.12. The van der Waals surface area contributed by atoms with Crippen LogP contribution in [0.1, 0.15) is 19.4 Å². The molecule has 154 valence electrons. The van der Waals surface area contributed by atoms with Crippen LogP contribution in [0.4, 0.5) is 5.69 Å². The van der Waals surface area contributed by atoms with E-state index in [1.165, 1.54) is 5.56 Å². The van der Waals surface area contributed by atoms with Gasteiger partial charge in [-0.25, -0.2) is 0 Å². The molecule has 0 bridgehead atoms. The number of aliphatic imine (C=N–C) groups is 1. The highest BCUT2D eigenvalue weighted by Crippen LogP contribution is 2.27. The number of nitrogens with zero attached hydrogens (tertiary/aromatic N) is 3. The third-order valence-electron chi connectivity index (χ3n) is 5.16. The highest BCUT2D eigenvalue weighted by atomic mass is 16.5. The minimum atomic E-state index is 0.0601. The lowest BCUT2D eigenvalue weighted by Crippen LogP contribution is -2.51. The minimum Gasteiger partial charge on any atom is -0.374 e. The summed E-state index contributed by atoms with van der Waals surface area (Å²) < 4.78 is 5.87. The lowest BCUT2D eigenvalue weighted by Gasteiger charge is -2.34. The molecule has 0 aliphatic carbocycles. The predicted octanol–water partition coefficient (Wildman–Crippen LogP) is 1.10. The van der Waals surface area contributed by atoms with Crippen LogP contribution < -0.4 is 15.5 Å². The summed E-state index contributed by atoms with van der Waals surface area (Å²) in [6.07, 6.45) is 1.05. The molecular formula is C21H33N5O2. The number of fused-ring (bicyclic) bond motifs is 1. The Bertz CT molecular complexity index is 691. The fourth-order valence-electron chi connectivity index (χ4n) is 3.87. The molecule has 0 spiro atoms. The van der Waals surface area contributed by atoms with Crippen LogP contribution in [0, 0.1) is 5.92 Å². The summed E-state index contributed by atoms with van der Waals surface area (Å²) in [5, 5.41) is 6.43. The van der Waals surface area contributed by atoms with Crippen LogP contribution in [0.25, 0.3) is 0 Å². The molecule has 1 atom stereocenters. The SMILES string of the molecule is CN=C(NCC(=O)N1CCc2ccccc21)NCC1CN(CC(C)C)CCO1. The summed E-state index contributed by atoms with van der Waals surface area (Å²) in [5.41, 5.74) is 2.26. The van der Waals surface area contributed by atoms with E-state index in [-0.39, 0.29) is 18.6 Å². The summed E-state index contributed by atoms with van der Waals surface area (Å²) in [7, 11) is 1.72. The number of benzene rings is 1. The summed E-state index contributed by atoms with van der Waals surface area (Å²) in [6, 6.07) is 8.09. The Morgan fingerprint density at radius 1 is 1.29 bits per heavy atom. The van der Waals surface area contributed by atoms with Crippen LogP contribution in [0.15, 0.2) is 29.3 Å². The van der Waals surface area contributed by atoms with Crippen LogP contribution in [-0.4, -0.2) is 75.8 Å². The first-order chi connectivity index (χ1) is 13.6. The van der Waals surface area contributed by atoms with Crippen molar-refractivity contribution in [3.8, 4) is 0 Å². The first-order valence-corrected chi connectivity index (χ1v) is 10.2. The zero-order chi connectivity index (χ0) is 19.9. The van der Waals surface area contributed by atoms with Crippen LogP contribution in [0.2, 0.25) is 0 Å². The van der Waals surface area contributed by atoms with Crippen LogP contribution >= 0.6 is 0 Å². The Morgan fingerprint density at radius 3 is 2.89 bits per heavy atom. The number of hydrogen-bond acceptors (Lipinski definition) is 4. The van der Waals surface area contributed by atoms with Crippen molar-refractivity contribution in [2.24, 2.45) is 10.9 Å². The molecule has 3 rings (SSSR count). The van der Waals surface area contributed by atoms with E-state index in [4.69, 9.17) is 4.74 Å². The Kier molecular flexibility index (Phi) is 7.28. The standard InChI is InChI=1S/C21H33N5O2/c1-16(2)14-25-10-11-28-18(15-25)12-23-21(22-3)24-13-20(27)26-9-8-17-6-4-5-7-19(17)26/h4-7,16,18H,8-15H2,1-3H3,(H2,22,23,24). The fraction of sp³-hybridized carbons (Fsp3) is 0.619. The fourth-order valence-corrected chi connectivity index (χ4v) is 3.87. The van der Waals surface area contributed by atoms with E-state index in [0.29, 0.717) is 18.4 Å². The third kappa shape index (κ3) is 5.45. The monoisotopic (exact) mass is 387 g/mol. The van der Waals surface area contributed by atoms with E-state index in [1.54, 1.807) is 7.05 Å². The first kappa shape index (κ1) is 20.6. The van der Waals surface area contributed by atoms with Gasteiger partial charge in [0.25, 0.3) is 0 Å². The number of hydrogen-bond donors (Lipinski definition) is 2. The van der Waals surface area contributed by atoms with Crippen molar-refractivity contribution in [2.45, 2.75) is 26.4 Å². The van der Waals surface area contributed by atoms with Gasteiger partial charge in [0.2, 0.25) is 5.91 Å². The summed E-state index contributed by atoms with van der Waals surface area (Å²) in [6.45, 7) is 9.89. The van der Waals surface area contributed by atoms with Crippen molar-refractivity contribution in [3.63, 3.8) is 0 Å². The summed E-state index contributed by atoms with van der Waals surface area (Å²) in [5.74, 6) is 1.35. The molecule has 1 fully saturated rings. The minimum absolute atomic E-state index is 0.0601. The molecule has 28 heavy (non-hydrogen) atoms. The van der Waals surface area contributed by atoms with E-state index >= 15 is 0 Å². The molecule has 2 heterocycles. The maximum atomic E-state index is 12.6. The molecule has 0 radical (unpaired) electrons. The molecule has 0 aromatic heterocycles. The van der Waals surface area contributed by atoms with Gasteiger partial charge in [-0.2, -0.15) is 0 Å². The zero-order valence-corrected chi connectivity index (χ0v) is 17.3. The highest BCUT2D eigenvalue weighted by Gasteiger charge is 2.24. The lowest BCUT2D eigenvalue weighted by molar-refractivity contribution is -0.117. The number of para-hydroxylation sites is 1. The maximum Gasteiger partial charge on any atom is 0.246 e. The van der Waals surface area contributed by atoms with Crippen molar-refractivity contribution in [1.82, 2.24) is 15.5 Å². The number of nitrogens with one attached hydrogen (secondary N) is 2. The van der Waals surface area contributed by atoms with Gasteiger partial charge in [0.15, 0.2) is 5.96 Å². The maximum absolute atomic E-state index is 12.6. The summed E-state index contributed by atoms with van der Waals surface area (Å²) in [4.78, 5) is 21.2. The molecule has 0 saturated carbocycles. The molecule has 1 aromatic rings. The molecule has 1 saturated heterocycles. The molecule has 7 heteroatoms. The summed E-state index contributed by atoms with van der Waals surface area (Å²) >= 11 is 0. The molecule has 2 aliphatic rings. The Morgan fingerprint density at radius 2 is 2.11 bits per heavy atom. The molecule has 7 nitrogen and oxygen atoms in total. The zero-order valence-electron chi connectivity index (χ0n) is 17.3. The normalized spacial score (nSPS) is 20.4. The number of amides is 1. The second-order valence-corrected chi connectivity index (χ2v) is 7.88. The van der Waals surface area contributed by atoms with Crippen LogP contribution in [0.5, 0.6) is 0 Å². The molecule has 2 N–H and O–H groups in total. The van der Waals surface area contributed by atoms with Gasteiger partial charge in [-0.15, -0.1) is 0 Å². The molecule has 1 aromatic carbocycles. The van der Waals surface area contributed by atoms with Crippen LogP contribution in [0.3, 0.4) is 0 Å². The predicted molar refractivity (Wildman–Crippen MR) is 113 cm³/mol. The smallest absolute Gasteiger partial charge is 0.246 e. The van der Waals surface area contributed by atoms with E-state index < -0.39 is 0 Å². The number of morpholine rings is 1. The Labute approximate surface area is 168 Å². The van der Waals surface area contributed by atoms with Crippen molar-refractivity contribution in [1.29, 1.82) is 0 Å². The van der Waals surface area contributed by atoms with Crippen LogP contribution in [-0.2, 0) is 16.0 Å². The Balaban J connectivity index is 1.43. The first-order valence-electron chi connectivity index (χ1n) is 10.2. The second kappa shape index (κ2) is 9.89. The number of carbonyl (C=O) groups excluding carboxylic acids is 1. The lowest BCUT2D eigenvalue weighted by atomic mass is 10.2. The van der Waals surface area contributed by atoms with Crippen molar-refractivity contribution >= 4 is 17.6 Å². The quantitative estimate of drug-likeness (QED) is 0.565. The van der Waals surface area contributed by atoms with Gasteiger partial charge < -0.3 is 20.3 Å². The highest BCUT2D eigenvalue weighted by molar-refractivity contribution is 5.98. The third-order valence-corrected chi connectivity index (χ3v) is 5.16. The van der Waals surface area contributed by atoms with Gasteiger partial charge >= 0.3 is 0 Å². The van der Waals surface area contributed by atoms with Gasteiger partial charge in [0, 0.05) is 45.5 Å². The number of rotatable bonds is 6. The van der Waals surface area contributed by atoms with E-state index in [9.17, 15) is 4.79 Å².